The van der Waals surface area contributed by atoms with Gasteiger partial charge in [-0.25, -0.2) is 0 Å². The van der Waals surface area contributed by atoms with Crippen LogP contribution in [0.1, 0.15) is 98.8 Å². The van der Waals surface area contributed by atoms with Gasteiger partial charge in [0.25, 0.3) is 0 Å². The van der Waals surface area contributed by atoms with Crippen molar-refractivity contribution in [3.8, 4) is 0 Å². The monoisotopic (exact) mass is 514 g/mol. The quantitative estimate of drug-likeness (QED) is 0.279. The van der Waals surface area contributed by atoms with Crippen molar-refractivity contribution in [2.24, 2.45) is 56.7 Å². The van der Waals surface area contributed by atoms with Crippen molar-refractivity contribution in [2.45, 2.75) is 105 Å². The molecule has 11 atom stereocenters. The fraction of sp³-hybridized carbons (Fsp3) is 0.879. The van der Waals surface area contributed by atoms with Crippen LogP contribution >= 0.6 is 0 Å². The Morgan fingerprint density at radius 3 is 2.22 bits per heavy atom. The summed E-state index contributed by atoms with van der Waals surface area (Å²) in [4.78, 5) is 0. The number of aliphatic hydroxyl groups excluding tert-OH is 3. The molecule has 0 bridgehead atoms. The fourth-order valence-corrected chi connectivity index (χ4v) is 11.8. The molecule has 0 aromatic rings. The fourth-order valence-electron chi connectivity index (χ4n) is 11.8. The van der Waals surface area contributed by atoms with Crippen molar-refractivity contribution < 1.29 is 20.1 Å². The summed E-state index contributed by atoms with van der Waals surface area (Å²) in [5, 5.41) is 31.6. The number of hydrogen-bond donors (Lipinski definition) is 3. The van der Waals surface area contributed by atoms with Gasteiger partial charge in [0.05, 0.1) is 31.7 Å². The van der Waals surface area contributed by atoms with E-state index in [4.69, 9.17) is 4.74 Å². The maximum Gasteiger partial charge on any atom is 0.0936 e. The van der Waals surface area contributed by atoms with Gasteiger partial charge in [0, 0.05) is 10.8 Å². The van der Waals surface area contributed by atoms with Crippen LogP contribution in [0.3, 0.4) is 0 Å². The first-order valence-electron chi connectivity index (χ1n) is 15.2. The lowest BCUT2D eigenvalue weighted by Gasteiger charge is -2.73. The van der Waals surface area contributed by atoms with Gasteiger partial charge >= 0.3 is 0 Å². The number of hydrogen-bond acceptors (Lipinski definition) is 4. The van der Waals surface area contributed by atoms with Crippen molar-refractivity contribution in [1.29, 1.82) is 0 Å². The zero-order valence-electron chi connectivity index (χ0n) is 24.3. The average Bonchev–Trinajstić information content (AvgIpc) is 3.25. The number of allylic oxidation sites excluding steroid dienone is 1. The van der Waals surface area contributed by atoms with E-state index < -0.39 is 11.5 Å². The summed E-state index contributed by atoms with van der Waals surface area (Å²) in [5.74, 6) is 3.26. The second kappa shape index (κ2) is 9.10. The van der Waals surface area contributed by atoms with Gasteiger partial charge in [-0.1, -0.05) is 40.9 Å². The highest BCUT2D eigenvalue weighted by molar-refractivity contribution is 5.22. The molecule has 5 aliphatic rings. The molecule has 5 saturated carbocycles. The molecule has 0 aromatic carbocycles. The van der Waals surface area contributed by atoms with Crippen molar-refractivity contribution in [3.63, 3.8) is 0 Å². The normalized spacial score (nSPS) is 52.9. The standard InChI is InChI=1S/C33H54O4/c1-21(2)37-20-33-15-10-23(22(3)18-34)28(33)24-8-9-26-29(4)13-12-27(36)30(5,19-35)25(29)11-14-32(26,7)31(24,6)16-17-33/h23-28,34-36H,1,3,8-20H2,2,4-7H3/t23?,24?,25-,26?,27+,28?,29+,30+,31-,32-,33-/m1/s1. The molecule has 5 fully saturated rings. The highest BCUT2D eigenvalue weighted by atomic mass is 16.5. The Morgan fingerprint density at radius 1 is 0.838 bits per heavy atom. The maximum absolute atomic E-state index is 11.0. The molecule has 37 heavy (non-hydrogen) atoms. The molecule has 4 unspecified atom stereocenters. The molecule has 0 aliphatic heterocycles. The first kappa shape index (κ1) is 27.7. The van der Waals surface area contributed by atoms with Crippen molar-refractivity contribution in [2.75, 3.05) is 19.8 Å². The highest BCUT2D eigenvalue weighted by Crippen LogP contribution is 2.77. The van der Waals surface area contributed by atoms with E-state index >= 15 is 0 Å². The van der Waals surface area contributed by atoms with Gasteiger partial charge in [0.15, 0.2) is 0 Å². The molecular weight excluding hydrogens is 460 g/mol. The summed E-state index contributed by atoms with van der Waals surface area (Å²) in [6.07, 6.45) is 10.9. The Hall–Kier alpha value is -0.840. The molecule has 3 N–H and O–H groups in total. The van der Waals surface area contributed by atoms with Crippen LogP contribution < -0.4 is 0 Å². The van der Waals surface area contributed by atoms with Gasteiger partial charge in [-0.05, 0) is 123 Å². The van der Waals surface area contributed by atoms with E-state index in [1.807, 2.05) is 6.92 Å². The minimum Gasteiger partial charge on any atom is -0.498 e. The van der Waals surface area contributed by atoms with Crippen molar-refractivity contribution >= 4 is 0 Å². The van der Waals surface area contributed by atoms with Gasteiger partial charge in [-0.2, -0.15) is 0 Å². The minimum atomic E-state index is -0.404. The number of aliphatic hydroxyl groups is 3. The maximum atomic E-state index is 11.0. The summed E-state index contributed by atoms with van der Waals surface area (Å²) >= 11 is 0. The third kappa shape index (κ3) is 3.63. The van der Waals surface area contributed by atoms with E-state index in [1.165, 1.54) is 32.1 Å². The van der Waals surface area contributed by atoms with E-state index in [0.29, 0.717) is 29.6 Å². The van der Waals surface area contributed by atoms with Crippen molar-refractivity contribution in [3.05, 3.63) is 24.5 Å². The number of fused-ring (bicyclic) bond motifs is 7. The molecule has 5 rings (SSSR count). The van der Waals surface area contributed by atoms with E-state index in [0.717, 1.165) is 50.0 Å². The van der Waals surface area contributed by atoms with Crippen LogP contribution in [0.25, 0.3) is 0 Å². The van der Waals surface area contributed by atoms with Crippen LogP contribution in [-0.4, -0.2) is 41.2 Å². The average molecular weight is 515 g/mol. The zero-order valence-corrected chi connectivity index (χ0v) is 24.3. The van der Waals surface area contributed by atoms with Crippen molar-refractivity contribution in [1.82, 2.24) is 0 Å². The highest BCUT2D eigenvalue weighted by Gasteiger charge is 2.71. The third-order valence-corrected chi connectivity index (χ3v) is 14.1. The van der Waals surface area contributed by atoms with E-state index in [-0.39, 0.29) is 34.9 Å². The number of ether oxygens (including phenoxy) is 1. The molecular formula is C33H54O4. The molecule has 0 amide bonds. The predicted molar refractivity (Wildman–Crippen MR) is 149 cm³/mol. The molecule has 4 nitrogen and oxygen atoms in total. The zero-order chi connectivity index (χ0) is 27.0. The SMILES string of the molecule is C=C(C)OC[C@]12CCC(C(=C)CO)C1C1CCC3[C@@]4(C)CC[C@H](O)[C@@](C)(CO)[C@@H]4CC[C@@]3(C)[C@]1(C)CC2. The minimum absolute atomic E-state index is 0.0794. The Balaban J connectivity index is 1.53. The molecule has 4 heteroatoms. The number of rotatable bonds is 6. The summed E-state index contributed by atoms with van der Waals surface area (Å²) in [6.45, 7) is 21.2. The van der Waals surface area contributed by atoms with Gasteiger partial charge in [-0.3, -0.25) is 0 Å². The van der Waals surface area contributed by atoms with Crippen LogP contribution in [0.4, 0.5) is 0 Å². The summed E-state index contributed by atoms with van der Waals surface area (Å²) in [6, 6.07) is 0. The van der Waals surface area contributed by atoms with Gasteiger partial charge in [0.1, 0.15) is 0 Å². The summed E-state index contributed by atoms with van der Waals surface area (Å²) in [7, 11) is 0. The van der Waals surface area contributed by atoms with Crippen LogP contribution in [0.2, 0.25) is 0 Å². The smallest absolute Gasteiger partial charge is 0.0936 e. The first-order valence-corrected chi connectivity index (χ1v) is 15.2. The van der Waals surface area contributed by atoms with E-state index in [1.54, 1.807) is 0 Å². The predicted octanol–water partition coefficient (Wildman–Crippen LogP) is 6.50. The second-order valence-corrected chi connectivity index (χ2v) is 15.2. The second-order valence-electron chi connectivity index (χ2n) is 15.2. The Bertz CT molecular complexity index is 929. The Labute approximate surface area is 226 Å². The molecule has 0 spiro atoms. The van der Waals surface area contributed by atoms with Crippen LogP contribution in [-0.2, 0) is 4.74 Å². The largest absolute Gasteiger partial charge is 0.498 e. The summed E-state index contributed by atoms with van der Waals surface area (Å²) in [5.41, 5.74) is 1.39. The van der Waals surface area contributed by atoms with Crippen LogP contribution in [0.5, 0.6) is 0 Å². The lowest BCUT2D eigenvalue weighted by molar-refractivity contribution is -0.255. The van der Waals surface area contributed by atoms with Gasteiger partial charge in [0.2, 0.25) is 0 Å². The molecule has 210 valence electrons. The molecule has 0 heterocycles. The Kier molecular flexibility index (Phi) is 6.81. The lowest BCUT2D eigenvalue weighted by atomic mass is 9.32. The Morgan fingerprint density at radius 2 is 1.57 bits per heavy atom. The third-order valence-electron chi connectivity index (χ3n) is 14.1. The van der Waals surface area contributed by atoms with E-state index in [9.17, 15) is 15.3 Å². The van der Waals surface area contributed by atoms with E-state index in [2.05, 4.69) is 40.9 Å². The molecule has 5 aliphatic carbocycles. The molecule has 0 radical (unpaired) electrons. The topological polar surface area (TPSA) is 69.9 Å². The lowest BCUT2D eigenvalue weighted by Crippen LogP contribution is -2.67. The molecule has 0 aromatic heterocycles. The van der Waals surface area contributed by atoms with Crippen LogP contribution in [0, 0.1) is 56.7 Å². The first-order chi connectivity index (χ1) is 17.3. The van der Waals surface area contributed by atoms with Crippen LogP contribution in [0.15, 0.2) is 24.5 Å². The summed E-state index contributed by atoms with van der Waals surface area (Å²) < 4.78 is 6.19. The van der Waals surface area contributed by atoms with Gasteiger partial charge in [-0.15, -0.1) is 0 Å². The van der Waals surface area contributed by atoms with Gasteiger partial charge < -0.3 is 20.1 Å². The molecule has 0 saturated heterocycles.